The van der Waals surface area contributed by atoms with Gasteiger partial charge in [-0.1, -0.05) is 6.92 Å². The van der Waals surface area contributed by atoms with Crippen LogP contribution >= 0.6 is 0 Å². The predicted molar refractivity (Wildman–Crippen MR) is 77.4 cm³/mol. The number of nitrogens with zero attached hydrogens (tertiary/aromatic N) is 1. The Morgan fingerprint density at radius 3 is 2.43 bits per heavy atom. The number of rotatable bonds is 6. The van der Waals surface area contributed by atoms with Crippen molar-refractivity contribution < 1.29 is 13.5 Å². The van der Waals surface area contributed by atoms with Gasteiger partial charge in [0.1, 0.15) is 23.1 Å². The highest BCUT2D eigenvalue weighted by Crippen LogP contribution is 2.23. The molecule has 1 heterocycles. The van der Waals surface area contributed by atoms with E-state index in [0.717, 1.165) is 36.9 Å². The molecule has 0 aliphatic rings. The van der Waals surface area contributed by atoms with Gasteiger partial charge in [-0.3, -0.25) is 4.98 Å². The Bertz CT molecular complexity index is 567. The molecule has 0 saturated heterocycles. The van der Waals surface area contributed by atoms with Crippen LogP contribution in [-0.2, 0) is 0 Å². The van der Waals surface area contributed by atoms with Gasteiger partial charge >= 0.3 is 0 Å². The van der Waals surface area contributed by atoms with E-state index in [1.165, 1.54) is 0 Å². The van der Waals surface area contributed by atoms with Crippen molar-refractivity contribution in [2.75, 3.05) is 6.54 Å². The summed E-state index contributed by atoms with van der Waals surface area (Å²) < 4.78 is 31.5. The summed E-state index contributed by atoms with van der Waals surface area (Å²) in [5.41, 5.74) is 0.890. The molecular formula is C16H18F2N2O. The Kier molecular flexibility index (Phi) is 5.22. The molecule has 0 aliphatic heterocycles. The van der Waals surface area contributed by atoms with Crippen molar-refractivity contribution in [2.45, 2.75) is 26.3 Å². The van der Waals surface area contributed by atoms with E-state index < -0.39 is 11.6 Å². The van der Waals surface area contributed by atoms with Crippen LogP contribution < -0.4 is 10.1 Å². The quantitative estimate of drug-likeness (QED) is 0.866. The third-order valence-electron chi connectivity index (χ3n) is 2.98. The van der Waals surface area contributed by atoms with Gasteiger partial charge in [0.05, 0.1) is 11.9 Å². The summed E-state index contributed by atoms with van der Waals surface area (Å²) in [7, 11) is 0. The lowest BCUT2D eigenvalue weighted by molar-refractivity contribution is 0.464. The van der Waals surface area contributed by atoms with Gasteiger partial charge in [0.15, 0.2) is 0 Å². The Morgan fingerprint density at radius 2 is 1.86 bits per heavy atom. The third-order valence-corrected chi connectivity index (χ3v) is 2.98. The largest absolute Gasteiger partial charge is 0.456 e. The number of aromatic nitrogens is 1. The minimum absolute atomic E-state index is 0.110. The van der Waals surface area contributed by atoms with Crippen molar-refractivity contribution in [3.63, 3.8) is 0 Å². The molecule has 1 aromatic heterocycles. The third kappa shape index (κ3) is 4.49. The van der Waals surface area contributed by atoms with Crippen molar-refractivity contribution in [3.05, 3.63) is 53.9 Å². The van der Waals surface area contributed by atoms with Gasteiger partial charge in [0.25, 0.3) is 0 Å². The van der Waals surface area contributed by atoms with Crippen LogP contribution in [0.4, 0.5) is 8.78 Å². The number of pyridine rings is 1. The summed E-state index contributed by atoms with van der Waals surface area (Å²) in [5, 5.41) is 3.33. The molecule has 0 bridgehead atoms. The molecule has 0 amide bonds. The van der Waals surface area contributed by atoms with Crippen LogP contribution in [0.15, 0.2) is 36.5 Å². The standard InChI is InChI=1S/C16H18F2N2O/c1-3-6-19-11(2)16-5-4-14(10-20-16)21-15-8-12(17)7-13(18)9-15/h4-5,7-11,19H,3,6H2,1-2H3. The first-order chi connectivity index (χ1) is 10.1. The van der Waals surface area contributed by atoms with Gasteiger partial charge < -0.3 is 10.1 Å². The molecule has 112 valence electrons. The van der Waals surface area contributed by atoms with Crippen LogP contribution in [0.25, 0.3) is 0 Å². The topological polar surface area (TPSA) is 34.1 Å². The molecule has 1 atom stereocenters. The van der Waals surface area contributed by atoms with Crippen LogP contribution in [0.5, 0.6) is 11.5 Å². The Labute approximate surface area is 123 Å². The Balaban J connectivity index is 2.05. The molecule has 0 aliphatic carbocycles. The smallest absolute Gasteiger partial charge is 0.145 e. The molecule has 0 radical (unpaired) electrons. The maximum Gasteiger partial charge on any atom is 0.145 e. The fourth-order valence-electron chi connectivity index (χ4n) is 1.90. The van der Waals surface area contributed by atoms with E-state index >= 15 is 0 Å². The van der Waals surface area contributed by atoms with E-state index in [4.69, 9.17) is 4.74 Å². The summed E-state index contributed by atoms with van der Waals surface area (Å²) in [6.45, 7) is 5.05. The van der Waals surface area contributed by atoms with Crippen molar-refractivity contribution in [1.29, 1.82) is 0 Å². The maximum absolute atomic E-state index is 13.1. The zero-order valence-electron chi connectivity index (χ0n) is 12.1. The molecule has 5 heteroatoms. The van der Waals surface area contributed by atoms with Gasteiger partial charge in [0, 0.05) is 24.2 Å². The van der Waals surface area contributed by atoms with Gasteiger partial charge in [-0.15, -0.1) is 0 Å². The first-order valence-electron chi connectivity index (χ1n) is 6.91. The average Bonchev–Trinajstić information content (AvgIpc) is 2.44. The van der Waals surface area contributed by atoms with E-state index in [2.05, 4.69) is 17.2 Å². The average molecular weight is 292 g/mol. The number of hydrogen-bond acceptors (Lipinski definition) is 3. The molecule has 2 rings (SSSR count). The van der Waals surface area contributed by atoms with E-state index in [9.17, 15) is 8.78 Å². The highest BCUT2D eigenvalue weighted by molar-refractivity contribution is 5.31. The molecule has 0 spiro atoms. The molecular weight excluding hydrogens is 274 g/mol. The lowest BCUT2D eigenvalue weighted by Crippen LogP contribution is -2.20. The molecule has 1 aromatic carbocycles. The molecule has 1 unspecified atom stereocenters. The van der Waals surface area contributed by atoms with E-state index in [1.54, 1.807) is 12.3 Å². The summed E-state index contributed by atoms with van der Waals surface area (Å²) in [4.78, 5) is 4.30. The highest BCUT2D eigenvalue weighted by Gasteiger charge is 2.07. The molecule has 0 fully saturated rings. The van der Waals surface area contributed by atoms with E-state index in [-0.39, 0.29) is 11.8 Å². The SMILES string of the molecule is CCCNC(C)c1ccc(Oc2cc(F)cc(F)c2)cn1. The van der Waals surface area contributed by atoms with Gasteiger partial charge in [-0.05, 0) is 32.0 Å². The highest BCUT2D eigenvalue weighted by atomic mass is 19.1. The van der Waals surface area contributed by atoms with Gasteiger partial charge in [0.2, 0.25) is 0 Å². The van der Waals surface area contributed by atoms with Gasteiger partial charge in [-0.2, -0.15) is 0 Å². The van der Waals surface area contributed by atoms with Crippen LogP contribution in [0.3, 0.4) is 0 Å². The first-order valence-corrected chi connectivity index (χ1v) is 6.91. The van der Waals surface area contributed by atoms with Gasteiger partial charge in [-0.25, -0.2) is 8.78 Å². The monoisotopic (exact) mass is 292 g/mol. The Morgan fingerprint density at radius 1 is 1.14 bits per heavy atom. The normalized spacial score (nSPS) is 12.2. The number of hydrogen-bond donors (Lipinski definition) is 1. The lowest BCUT2D eigenvalue weighted by atomic mass is 10.2. The fourth-order valence-corrected chi connectivity index (χ4v) is 1.90. The fraction of sp³-hybridized carbons (Fsp3) is 0.312. The summed E-state index contributed by atoms with van der Waals surface area (Å²) in [5.74, 6) is -0.801. The van der Waals surface area contributed by atoms with E-state index in [0.29, 0.717) is 5.75 Å². The lowest BCUT2D eigenvalue weighted by Gasteiger charge is -2.13. The minimum atomic E-state index is -0.674. The second-order valence-corrected chi connectivity index (χ2v) is 4.80. The molecule has 3 nitrogen and oxygen atoms in total. The second-order valence-electron chi connectivity index (χ2n) is 4.80. The Hall–Kier alpha value is -2.01. The zero-order chi connectivity index (χ0) is 15.2. The molecule has 21 heavy (non-hydrogen) atoms. The number of ether oxygens (including phenoxy) is 1. The summed E-state index contributed by atoms with van der Waals surface area (Å²) >= 11 is 0. The minimum Gasteiger partial charge on any atom is -0.456 e. The molecule has 0 saturated carbocycles. The first kappa shape index (κ1) is 15.4. The summed E-state index contributed by atoms with van der Waals surface area (Å²) in [6.07, 6.45) is 2.60. The number of nitrogens with one attached hydrogen (secondary N) is 1. The zero-order valence-corrected chi connectivity index (χ0v) is 12.1. The number of benzene rings is 1. The van der Waals surface area contributed by atoms with Crippen LogP contribution in [0, 0.1) is 11.6 Å². The predicted octanol–water partition coefficient (Wildman–Crippen LogP) is 4.21. The molecule has 2 aromatic rings. The van der Waals surface area contributed by atoms with Crippen molar-refractivity contribution >= 4 is 0 Å². The molecule has 1 N–H and O–H groups in total. The van der Waals surface area contributed by atoms with Crippen LogP contribution in [0.1, 0.15) is 32.0 Å². The summed E-state index contributed by atoms with van der Waals surface area (Å²) in [6, 6.07) is 6.76. The number of halogens is 2. The van der Waals surface area contributed by atoms with E-state index in [1.807, 2.05) is 13.0 Å². The van der Waals surface area contributed by atoms with Crippen molar-refractivity contribution in [1.82, 2.24) is 10.3 Å². The van der Waals surface area contributed by atoms with Crippen LogP contribution in [0.2, 0.25) is 0 Å². The maximum atomic E-state index is 13.1. The van der Waals surface area contributed by atoms with Crippen molar-refractivity contribution in [2.24, 2.45) is 0 Å². The van der Waals surface area contributed by atoms with Crippen molar-refractivity contribution in [3.8, 4) is 11.5 Å². The second kappa shape index (κ2) is 7.13. The van der Waals surface area contributed by atoms with Crippen LogP contribution in [-0.4, -0.2) is 11.5 Å².